The van der Waals surface area contributed by atoms with Crippen molar-refractivity contribution in [3.8, 4) is 0 Å². The fraction of sp³-hybridized carbons (Fsp3) is 0.294. The van der Waals surface area contributed by atoms with E-state index >= 15 is 0 Å². The van der Waals surface area contributed by atoms with E-state index in [2.05, 4.69) is 0 Å². The first kappa shape index (κ1) is 16.7. The predicted molar refractivity (Wildman–Crippen MR) is 87.4 cm³/mol. The van der Waals surface area contributed by atoms with Gasteiger partial charge in [0.2, 0.25) is 0 Å². The number of rotatable bonds is 4. The first-order valence-electron chi connectivity index (χ1n) is 7.58. The number of hydrogen-bond acceptors (Lipinski definition) is 4. The Morgan fingerprint density at radius 2 is 1.79 bits per heavy atom. The SMILES string of the molecule is O=C(CN1CCN(C(=O)c2ccc(F)c(F)c2)CC1)c1cccs1. The average molecular weight is 350 g/mol. The summed E-state index contributed by atoms with van der Waals surface area (Å²) in [5.74, 6) is -2.24. The summed E-state index contributed by atoms with van der Waals surface area (Å²) in [4.78, 5) is 28.7. The zero-order valence-corrected chi connectivity index (χ0v) is 13.7. The Labute approximate surface area is 142 Å². The van der Waals surface area contributed by atoms with E-state index in [1.807, 2.05) is 16.3 Å². The fourth-order valence-electron chi connectivity index (χ4n) is 2.64. The Morgan fingerprint density at radius 3 is 2.42 bits per heavy atom. The topological polar surface area (TPSA) is 40.6 Å². The molecule has 24 heavy (non-hydrogen) atoms. The molecule has 0 aliphatic carbocycles. The third-order valence-electron chi connectivity index (χ3n) is 3.99. The van der Waals surface area contributed by atoms with Gasteiger partial charge in [-0.3, -0.25) is 14.5 Å². The van der Waals surface area contributed by atoms with Crippen LogP contribution in [-0.4, -0.2) is 54.2 Å². The summed E-state index contributed by atoms with van der Waals surface area (Å²) in [6, 6.07) is 6.81. The van der Waals surface area contributed by atoms with Crippen molar-refractivity contribution in [3.63, 3.8) is 0 Å². The number of thiophene rings is 1. The molecule has 2 heterocycles. The summed E-state index contributed by atoms with van der Waals surface area (Å²) in [7, 11) is 0. The van der Waals surface area contributed by atoms with Gasteiger partial charge >= 0.3 is 0 Å². The van der Waals surface area contributed by atoms with Gasteiger partial charge in [-0.2, -0.15) is 0 Å². The molecule has 4 nitrogen and oxygen atoms in total. The minimum atomic E-state index is -1.03. The first-order valence-corrected chi connectivity index (χ1v) is 8.46. The highest BCUT2D eigenvalue weighted by Gasteiger charge is 2.24. The van der Waals surface area contributed by atoms with Gasteiger partial charge in [0.15, 0.2) is 17.4 Å². The summed E-state index contributed by atoms with van der Waals surface area (Å²) < 4.78 is 26.2. The number of ketones is 1. The standard InChI is InChI=1S/C17H16F2N2O2S/c18-13-4-3-12(10-14(13)19)17(23)21-7-5-20(6-8-21)11-15(22)16-2-1-9-24-16/h1-4,9-10H,5-8,11H2. The monoisotopic (exact) mass is 350 g/mol. The molecule has 0 radical (unpaired) electrons. The lowest BCUT2D eigenvalue weighted by Crippen LogP contribution is -2.49. The molecule has 0 bridgehead atoms. The minimum absolute atomic E-state index is 0.0744. The largest absolute Gasteiger partial charge is 0.336 e. The molecule has 0 atom stereocenters. The molecule has 1 fully saturated rings. The molecule has 1 amide bonds. The number of carbonyl (C=O) groups excluding carboxylic acids is 2. The highest BCUT2D eigenvalue weighted by Crippen LogP contribution is 2.14. The predicted octanol–water partition coefficient (Wildman–Crippen LogP) is 2.67. The molecule has 0 spiro atoms. The smallest absolute Gasteiger partial charge is 0.254 e. The molecule has 1 aromatic carbocycles. The lowest BCUT2D eigenvalue weighted by atomic mass is 10.1. The van der Waals surface area contributed by atoms with Crippen LogP contribution in [0.3, 0.4) is 0 Å². The lowest BCUT2D eigenvalue weighted by Gasteiger charge is -2.34. The molecule has 1 saturated heterocycles. The van der Waals surface area contributed by atoms with Gasteiger partial charge in [-0.25, -0.2) is 8.78 Å². The second kappa shape index (κ2) is 7.19. The number of benzene rings is 1. The number of amides is 1. The van der Waals surface area contributed by atoms with Gasteiger partial charge in [0.1, 0.15) is 0 Å². The van der Waals surface area contributed by atoms with Crippen LogP contribution in [0.5, 0.6) is 0 Å². The van der Waals surface area contributed by atoms with E-state index in [1.54, 1.807) is 11.0 Å². The summed E-state index contributed by atoms with van der Waals surface area (Å²) in [5, 5.41) is 1.87. The summed E-state index contributed by atoms with van der Waals surface area (Å²) in [6.45, 7) is 2.39. The van der Waals surface area contributed by atoms with Crippen LogP contribution in [0.4, 0.5) is 8.78 Å². The van der Waals surface area contributed by atoms with Crippen molar-refractivity contribution in [3.05, 3.63) is 57.8 Å². The molecule has 126 valence electrons. The number of piperazine rings is 1. The first-order chi connectivity index (χ1) is 11.5. The number of Topliss-reactive ketones (excluding diaryl/α,β-unsaturated/α-hetero) is 1. The van der Waals surface area contributed by atoms with Crippen LogP contribution in [0.25, 0.3) is 0 Å². The number of carbonyl (C=O) groups is 2. The zero-order valence-electron chi connectivity index (χ0n) is 12.9. The molecule has 0 unspecified atom stereocenters. The van der Waals surface area contributed by atoms with Crippen LogP contribution in [0, 0.1) is 11.6 Å². The van der Waals surface area contributed by atoms with Crippen LogP contribution < -0.4 is 0 Å². The van der Waals surface area contributed by atoms with Gasteiger partial charge < -0.3 is 4.90 Å². The lowest BCUT2D eigenvalue weighted by molar-refractivity contribution is 0.0624. The Morgan fingerprint density at radius 1 is 1.04 bits per heavy atom. The quantitative estimate of drug-likeness (QED) is 0.796. The van der Waals surface area contributed by atoms with Crippen LogP contribution in [0.15, 0.2) is 35.7 Å². The molecule has 0 saturated carbocycles. The van der Waals surface area contributed by atoms with Crippen LogP contribution in [0.2, 0.25) is 0 Å². The van der Waals surface area contributed by atoms with Gasteiger partial charge in [-0.1, -0.05) is 6.07 Å². The maximum atomic E-state index is 13.3. The van der Waals surface area contributed by atoms with Crippen LogP contribution in [0.1, 0.15) is 20.0 Å². The molecule has 7 heteroatoms. The molecule has 0 N–H and O–H groups in total. The molecular weight excluding hydrogens is 334 g/mol. The van der Waals surface area contributed by atoms with E-state index in [-0.39, 0.29) is 17.3 Å². The van der Waals surface area contributed by atoms with Crippen molar-refractivity contribution in [1.29, 1.82) is 0 Å². The summed E-state index contributed by atoms with van der Waals surface area (Å²) >= 11 is 1.42. The maximum absolute atomic E-state index is 13.3. The van der Waals surface area contributed by atoms with E-state index in [4.69, 9.17) is 0 Å². The number of hydrogen-bond donors (Lipinski definition) is 0. The van der Waals surface area contributed by atoms with Crippen molar-refractivity contribution >= 4 is 23.0 Å². The molecule has 3 rings (SSSR count). The molecule has 2 aromatic rings. The summed E-state index contributed by atoms with van der Waals surface area (Å²) in [6.07, 6.45) is 0. The number of nitrogens with zero attached hydrogens (tertiary/aromatic N) is 2. The van der Waals surface area contributed by atoms with Crippen molar-refractivity contribution in [2.24, 2.45) is 0 Å². The van der Waals surface area contributed by atoms with Crippen molar-refractivity contribution in [2.45, 2.75) is 0 Å². The van der Waals surface area contributed by atoms with Gasteiger partial charge in [0.25, 0.3) is 5.91 Å². The van der Waals surface area contributed by atoms with Gasteiger partial charge in [-0.15, -0.1) is 11.3 Å². The van der Waals surface area contributed by atoms with Gasteiger partial charge in [-0.05, 0) is 29.6 Å². The van der Waals surface area contributed by atoms with Gasteiger partial charge in [0.05, 0.1) is 11.4 Å². The second-order valence-electron chi connectivity index (χ2n) is 5.60. The third-order valence-corrected chi connectivity index (χ3v) is 4.90. The van der Waals surface area contributed by atoms with E-state index in [0.717, 1.165) is 17.0 Å². The summed E-state index contributed by atoms with van der Waals surface area (Å²) in [5.41, 5.74) is 0.136. The molecular formula is C17H16F2N2O2S. The number of halogens is 2. The van der Waals surface area contributed by atoms with E-state index in [1.165, 1.54) is 17.4 Å². The highest BCUT2D eigenvalue weighted by atomic mass is 32.1. The Bertz CT molecular complexity index is 741. The molecule has 1 aliphatic heterocycles. The van der Waals surface area contributed by atoms with E-state index < -0.39 is 11.6 Å². The van der Waals surface area contributed by atoms with Crippen molar-refractivity contribution < 1.29 is 18.4 Å². The Kier molecular flexibility index (Phi) is 5.01. The fourth-order valence-corrected chi connectivity index (χ4v) is 3.30. The zero-order chi connectivity index (χ0) is 17.1. The van der Waals surface area contributed by atoms with E-state index in [9.17, 15) is 18.4 Å². The van der Waals surface area contributed by atoms with E-state index in [0.29, 0.717) is 32.7 Å². The van der Waals surface area contributed by atoms with Gasteiger partial charge in [0, 0.05) is 31.7 Å². The van der Waals surface area contributed by atoms with Crippen LogP contribution in [-0.2, 0) is 0 Å². The molecule has 1 aliphatic rings. The van der Waals surface area contributed by atoms with Crippen LogP contribution >= 0.6 is 11.3 Å². The average Bonchev–Trinajstić information content (AvgIpc) is 3.12. The third kappa shape index (κ3) is 3.68. The Hall–Kier alpha value is -2.12. The molecule has 1 aromatic heterocycles. The maximum Gasteiger partial charge on any atom is 0.254 e. The van der Waals surface area contributed by atoms with Crippen molar-refractivity contribution in [2.75, 3.05) is 32.7 Å². The minimum Gasteiger partial charge on any atom is -0.336 e. The second-order valence-corrected chi connectivity index (χ2v) is 6.55. The normalized spacial score (nSPS) is 15.5. The van der Waals surface area contributed by atoms with Crippen molar-refractivity contribution in [1.82, 2.24) is 9.80 Å². The Balaban J connectivity index is 1.55. The highest BCUT2D eigenvalue weighted by molar-refractivity contribution is 7.12.